The summed E-state index contributed by atoms with van der Waals surface area (Å²) in [6, 6.07) is 16.0. The molecule has 0 spiro atoms. The molecular formula is C24H26BClN2O. The van der Waals surface area contributed by atoms with Crippen LogP contribution in [0.5, 0.6) is 0 Å². The number of hydrogen-bond donors (Lipinski definition) is 1. The molecule has 1 aliphatic carbocycles. The highest BCUT2D eigenvalue weighted by atomic mass is 35.5. The molecule has 1 aromatic heterocycles. The second kappa shape index (κ2) is 8.58. The van der Waals surface area contributed by atoms with E-state index in [0.717, 1.165) is 36.9 Å². The largest absolute Gasteiger partial charge is 0.326 e. The molecular weight excluding hydrogens is 379 g/mol. The van der Waals surface area contributed by atoms with Crippen molar-refractivity contribution in [3.8, 4) is 0 Å². The third-order valence-electron chi connectivity index (χ3n) is 6.37. The molecule has 1 atom stereocenters. The Kier molecular flexibility index (Phi) is 5.91. The maximum Gasteiger partial charge on any atom is 0.227 e. The number of halogens is 1. The summed E-state index contributed by atoms with van der Waals surface area (Å²) in [5.41, 5.74) is 4.56. The second-order valence-electron chi connectivity index (χ2n) is 8.32. The van der Waals surface area contributed by atoms with E-state index in [4.69, 9.17) is 11.6 Å². The maximum atomic E-state index is 12.7. The zero-order valence-electron chi connectivity index (χ0n) is 17.0. The van der Waals surface area contributed by atoms with Crippen molar-refractivity contribution in [1.82, 2.24) is 4.98 Å². The van der Waals surface area contributed by atoms with Crippen LogP contribution < -0.4 is 10.8 Å². The van der Waals surface area contributed by atoms with Crippen molar-refractivity contribution in [3.05, 3.63) is 65.3 Å². The number of fused-ring (bicyclic) bond motifs is 1. The first-order valence-corrected chi connectivity index (χ1v) is 10.8. The molecule has 29 heavy (non-hydrogen) atoms. The molecule has 4 rings (SSSR count). The summed E-state index contributed by atoms with van der Waals surface area (Å²) in [6.45, 7) is 2.06. The second-order valence-corrected chi connectivity index (χ2v) is 8.75. The van der Waals surface area contributed by atoms with Crippen molar-refractivity contribution in [3.63, 3.8) is 0 Å². The number of nitrogens with one attached hydrogen (secondary N) is 1. The normalized spacial score (nSPS) is 20.3. The highest BCUT2D eigenvalue weighted by Crippen LogP contribution is 2.40. The van der Waals surface area contributed by atoms with Crippen molar-refractivity contribution >= 4 is 47.4 Å². The van der Waals surface area contributed by atoms with Crippen LogP contribution in [0.4, 0.5) is 5.69 Å². The first kappa shape index (κ1) is 20.0. The Morgan fingerprint density at radius 3 is 2.55 bits per heavy atom. The van der Waals surface area contributed by atoms with E-state index in [9.17, 15) is 4.79 Å². The minimum atomic E-state index is 0.00283. The number of amides is 1. The van der Waals surface area contributed by atoms with Crippen molar-refractivity contribution in [2.24, 2.45) is 11.8 Å². The Labute approximate surface area is 178 Å². The Morgan fingerprint density at radius 1 is 1.10 bits per heavy atom. The van der Waals surface area contributed by atoms with E-state index in [0.29, 0.717) is 16.9 Å². The van der Waals surface area contributed by atoms with Gasteiger partial charge in [-0.1, -0.05) is 36.1 Å². The summed E-state index contributed by atoms with van der Waals surface area (Å²) in [5, 5.41) is 4.99. The number of carbonyl (C=O) groups is 1. The lowest BCUT2D eigenvalue weighted by atomic mass is 9.73. The summed E-state index contributed by atoms with van der Waals surface area (Å²) in [6.07, 6.45) is 6.33. The molecule has 5 heteroatoms. The van der Waals surface area contributed by atoms with E-state index >= 15 is 0 Å². The van der Waals surface area contributed by atoms with Gasteiger partial charge in [0.2, 0.25) is 5.91 Å². The molecule has 1 N–H and O–H groups in total. The molecule has 2 aromatic carbocycles. The third kappa shape index (κ3) is 4.48. The Hall–Kier alpha value is -2.33. The van der Waals surface area contributed by atoms with Crippen LogP contribution in [0.25, 0.3) is 10.9 Å². The van der Waals surface area contributed by atoms with E-state index in [-0.39, 0.29) is 11.8 Å². The average Bonchev–Trinajstić information content (AvgIpc) is 2.74. The quantitative estimate of drug-likeness (QED) is 0.641. The molecule has 0 radical (unpaired) electrons. The number of benzene rings is 2. The summed E-state index contributed by atoms with van der Waals surface area (Å²) in [4.78, 5) is 17.2. The first-order valence-electron chi connectivity index (χ1n) is 10.4. The Bertz CT molecular complexity index is 1010. The topological polar surface area (TPSA) is 42.0 Å². The number of aromatic nitrogens is 1. The lowest BCUT2D eigenvalue weighted by Crippen LogP contribution is -2.29. The lowest BCUT2D eigenvalue weighted by Gasteiger charge is -2.32. The number of carbonyl (C=O) groups excluding carboxylic acids is 1. The molecule has 1 amide bonds. The SMILES string of the molecule is Bc1ccc2nccc([C@H]3CC[C@@H]([C@@H](C)C(=O)Nc4ccc(Cl)cc4)CC3)c2c1. The van der Waals surface area contributed by atoms with Crippen molar-refractivity contribution in [1.29, 1.82) is 0 Å². The number of nitrogens with zero attached hydrogens (tertiary/aromatic N) is 1. The number of pyridine rings is 1. The maximum absolute atomic E-state index is 12.7. The van der Waals surface area contributed by atoms with E-state index in [1.165, 1.54) is 16.4 Å². The van der Waals surface area contributed by atoms with Crippen molar-refractivity contribution in [2.45, 2.75) is 38.5 Å². The van der Waals surface area contributed by atoms with Gasteiger partial charge in [-0.05, 0) is 79.5 Å². The van der Waals surface area contributed by atoms with Gasteiger partial charge >= 0.3 is 0 Å². The molecule has 1 aliphatic rings. The molecule has 0 saturated heterocycles. The van der Waals surface area contributed by atoms with Gasteiger partial charge in [0.25, 0.3) is 0 Å². The summed E-state index contributed by atoms with van der Waals surface area (Å²) < 4.78 is 0. The van der Waals surface area contributed by atoms with Gasteiger partial charge in [-0.3, -0.25) is 9.78 Å². The van der Waals surface area contributed by atoms with Crippen LogP contribution in [0, 0.1) is 11.8 Å². The summed E-state index contributed by atoms with van der Waals surface area (Å²) in [7, 11) is 2.13. The molecule has 1 heterocycles. The molecule has 1 fully saturated rings. The number of rotatable bonds is 4. The minimum absolute atomic E-state index is 0.00283. The van der Waals surface area contributed by atoms with Gasteiger partial charge < -0.3 is 5.32 Å². The molecule has 0 aliphatic heterocycles. The molecule has 0 unspecified atom stereocenters. The van der Waals surface area contributed by atoms with Crippen LogP contribution >= 0.6 is 11.6 Å². The number of hydrogen-bond acceptors (Lipinski definition) is 2. The van der Waals surface area contributed by atoms with E-state index in [1.54, 1.807) is 12.1 Å². The van der Waals surface area contributed by atoms with Gasteiger partial charge in [0.15, 0.2) is 0 Å². The average molecular weight is 405 g/mol. The van der Waals surface area contributed by atoms with E-state index in [1.807, 2.05) is 18.3 Å². The fraction of sp³-hybridized carbons (Fsp3) is 0.333. The highest BCUT2D eigenvalue weighted by molar-refractivity contribution is 6.33. The number of anilines is 1. The molecule has 3 nitrogen and oxygen atoms in total. The van der Waals surface area contributed by atoms with Crippen LogP contribution in [-0.4, -0.2) is 18.7 Å². The van der Waals surface area contributed by atoms with Gasteiger partial charge in [-0.25, -0.2) is 0 Å². The van der Waals surface area contributed by atoms with Crippen molar-refractivity contribution in [2.75, 3.05) is 5.32 Å². The van der Waals surface area contributed by atoms with Gasteiger partial charge in [-0.2, -0.15) is 0 Å². The Balaban J connectivity index is 1.41. The first-order chi connectivity index (χ1) is 14.0. The lowest BCUT2D eigenvalue weighted by molar-refractivity contribution is -0.121. The zero-order chi connectivity index (χ0) is 20.4. The summed E-state index contributed by atoms with van der Waals surface area (Å²) in [5.74, 6) is 1.07. The molecule has 148 valence electrons. The zero-order valence-corrected chi connectivity index (χ0v) is 17.7. The van der Waals surface area contributed by atoms with Crippen LogP contribution in [0.1, 0.15) is 44.1 Å². The van der Waals surface area contributed by atoms with Gasteiger partial charge in [0.05, 0.1) is 5.52 Å². The molecule has 0 bridgehead atoms. The van der Waals surface area contributed by atoms with Crippen molar-refractivity contribution < 1.29 is 4.79 Å². The van der Waals surface area contributed by atoms with Gasteiger partial charge in [0.1, 0.15) is 7.85 Å². The van der Waals surface area contributed by atoms with E-state index in [2.05, 4.69) is 49.3 Å². The monoisotopic (exact) mass is 404 g/mol. The van der Waals surface area contributed by atoms with Crippen LogP contribution in [0.3, 0.4) is 0 Å². The molecule has 1 saturated carbocycles. The van der Waals surface area contributed by atoms with Gasteiger partial charge in [0, 0.05) is 28.2 Å². The third-order valence-corrected chi connectivity index (χ3v) is 6.63. The van der Waals surface area contributed by atoms with E-state index < -0.39 is 0 Å². The predicted octanol–water partition coefficient (Wildman–Crippen LogP) is 4.70. The van der Waals surface area contributed by atoms with Crippen LogP contribution in [-0.2, 0) is 4.79 Å². The Morgan fingerprint density at radius 2 is 1.83 bits per heavy atom. The summed E-state index contributed by atoms with van der Waals surface area (Å²) >= 11 is 5.93. The predicted molar refractivity (Wildman–Crippen MR) is 124 cm³/mol. The smallest absolute Gasteiger partial charge is 0.227 e. The standard InChI is InChI=1S/C24H26BClN2O/c1-15(24(29)28-20-9-7-19(26)8-10-20)16-2-4-17(5-3-16)21-12-13-27-23-11-6-18(25)14-22(21)23/h6-17H,2-5,25H2,1H3,(H,28,29)/t15-,16-,17+/m1/s1. The molecule has 3 aromatic rings. The fourth-order valence-electron chi connectivity index (χ4n) is 4.57. The fourth-order valence-corrected chi connectivity index (χ4v) is 4.70. The highest BCUT2D eigenvalue weighted by Gasteiger charge is 2.30. The van der Waals surface area contributed by atoms with Crippen LogP contribution in [0.2, 0.25) is 5.02 Å². The van der Waals surface area contributed by atoms with Crippen LogP contribution in [0.15, 0.2) is 54.7 Å². The minimum Gasteiger partial charge on any atom is -0.326 e. The van der Waals surface area contributed by atoms with Gasteiger partial charge in [-0.15, -0.1) is 0 Å².